The smallest absolute Gasteiger partial charge is 0.266 e. The van der Waals surface area contributed by atoms with Crippen molar-refractivity contribution in [3.05, 3.63) is 53.3 Å². The van der Waals surface area contributed by atoms with Gasteiger partial charge >= 0.3 is 0 Å². The molecule has 1 N–H and O–H groups in total. The molecule has 31 heavy (non-hydrogen) atoms. The molecule has 7 nitrogen and oxygen atoms in total. The fraction of sp³-hybridized carbons (Fsp3) is 0.391. The Morgan fingerprint density at radius 3 is 2.71 bits per heavy atom. The number of carbonyl (C=O) groups is 1. The summed E-state index contributed by atoms with van der Waals surface area (Å²) in [5, 5.41) is 0. The predicted octanol–water partition coefficient (Wildman–Crippen LogP) is 3.38. The highest BCUT2D eigenvalue weighted by Crippen LogP contribution is 2.47. The molecule has 1 heterocycles. The standard InChI is InChI=1S/C23H25N3O4S/c1-26-13-24-18-7-4-8-20(22(18)26)31(28,29)25-23(27)17-10-9-16-15(14-5-3-6-14)11-12-19(30-2)21(16)17/h4,7-8,11-14,17H,3,5-6,9-10H2,1-2H3,(H,25,27). The zero-order valence-corrected chi connectivity index (χ0v) is 18.4. The monoisotopic (exact) mass is 439 g/mol. The number of amides is 1. The number of hydrogen-bond donors (Lipinski definition) is 1. The Kier molecular flexibility index (Phi) is 4.77. The molecule has 0 spiro atoms. The molecular weight excluding hydrogens is 414 g/mol. The maximum atomic E-state index is 13.2. The van der Waals surface area contributed by atoms with Crippen molar-refractivity contribution in [1.29, 1.82) is 0 Å². The maximum absolute atomic E-state index is 13.2. The van der Waals surface area contributed by atoms with Crippen molar-refractivity contribution < 1.29 is 17.9 Å². The van der Waals surface area contributed by atoms with Crippen LogP contribution in [0.2, 0.25) is 0 Å². The second-order valence-corrected chi connectivity index (χ2v) is 10.1. The summed E-state index contributed by atoms with van der Waals surface area (Å²) in [5.41, 5.74) is 4.34. The van der Waals surface area contributed by atoms with E-state index in [2.05, 4.69) is 15.8 Å². The molecule has 5 rings (SSSR count). The van der Waals surface area contributed by atoms with Gasteiger partial charge in [-0.05, 0) is 60.9 Å². The number of nitrogens with zero attached hydrogens (tertiary/aromatic N) is 2. The van der Waals surface area contributed by atoms with E-state index in [-0.39, 0.29) is 4.90 Å². The molecular formula is C23H25N3O4S. The van der Waals surface area contributed by atoms with Gasteiger partial charge < -0.3 is 9.30 Å². The largest absolute Gasteiger partial charge is 0.496 e. The second kappa shape index (κ2) is 7.37. The first kappa shape index (κ1) is 20.1. The van der Waals surface area contributed by atoms with Crippen LogP contribution in [0.15, 0.2) is 41.6 Å². The summed E-state index contributed by atoms with van der Waals surface area (Å²) in [6.07, 6.45) is 6.46. The van der Waals surface area contributed by atoms with Crippen LogP contribution in [0.4, 0.5) is 0 Å². The molecule has 0 aliphatic heterocycles. The first-order chi connectivity index (χ1) is 14.9. The second-order valence-electron chi connectivity index (χ2n) is 8.42. The molecule has 162 valence electrons. The fourth-order valence-corrected chi connectivity index (χ4v) is 6.23. The third kappa shape index (κ3) is 3.20. The van der Waals surface area contributed by atoms with Gasteiger partial charge in [0.05, 0.1) is 30.4 Å². The van der Waals surface area contributed by atoms with Crippen LogP contribution in [0.25, 0.3) is 11.0 Å². The van der Waals surface area contributed by atoms with Crippen LogP contribution in [0.5, 0.6) is 5.75 Å². The summed E-state index contributed by atoms with van der Waals surface area (Å²) in [6.45, 7) is 0. The van der Waals surface area contributed by atoms with E-state index < -0.39 is 21.8 Å². The molecule has 2 aliphatic carbocycles. The zero-order chi connectivity index (χ0) is 21.8. The average molecular weight is 440 g/mol. The van der Waals surface area contributed by atoms with E-state index in [1.165, 1.54) is 30.9 Å². The van der Waals surface area contributed by atoms with Crippen LogP contribution in [0.3, 0.4) is 0 Å². The Morgan fingerprint density at radius 1 is 1.19 bits per heavy atom. The number of methoxy groups -OCH3 is 1. The molecule has 0 bridgehead atoms. The van der Waals surface area contributed by atoms with Gasteiger partial charge in [0.25, 0.3) is 10.0 Å². The van der Waals surface area contributed by atoms with Crippen molar-refractivity contribution in [2.45, 2.75) is 48.8 Å². The van der Waals surface area contributed by atoms with Gasteiger partial charge in [-0.3, -0.25) is 4.79 Å². The number of hydrogen-bond acceptors (Lipinski definition) is 5. The van der Waals surface area contributed by atoms with E-state index >= 15 is 0 Å². The summed E-state index contributed by atoms with van der Waals surface area (Å²) in [7, 11) is -0.738. The van der Waals surface area contributed by atoms with Crippen molar-refractivity contribution >= 4 is 27.0 Å². The summed E-state index contributed by atoms with van der Waals surface area (Å²) >= 11 is 0. The Bertz CT molecular complexity index is 1290. The number of imidazole rings is 1. The van der Waals surface area contributed by atoms with Gasteiger partial charge in [-0.25, -0.2) is 18.1 Å². The number of para-hydroxylation sites is 1. The van der Waals surface area contributed by atoms with E-state index in [4.69, 9.17) is 4.74 Å². The number of sulfonamides is 1. The van der Waals surface area contributed by atoms with Gasteiger partial charge in [0.2, 0.25) is 5.91 Å². The lowest BCUT2D eigenvalue weighted by Gasteiger charge is -2.28. The highest BCUT2D eigenvalue weighted by molar-refractivity contribution is 7.90. The van der Waals surface area contributed by atoms with E-state index in [1.54, 1.807) is 37.2 Å². The minimum atomic E-state index is -4.06. The summed E-state index contributed by atoms with van der Waals surface area (Å²) in [6, 6.07) is 8.91. The van der Waals surface area contributed by atoms with Gasteiger partial charge in [0, 0.05) is 12.6 Å². The van der Waals surface area contributed by atoms with Crippen molar-refractivity contribution in [2.24, 2.45) is 7.05 Å². The number of benzene rings is 2. The van der Waals surface area contributed by atoms with Crippen molar-refractivity contribution in [2.75, 3.05) is 7.11 Å². The van der Waals surface area contributed by atoms with Crippen molar-refractivity contribution in [3.63, 3.8) is 0 Å². The molecule has 3 aromatic rings. The Hall–Kier alpha value is -2.87. The molecule has 1 atom stereocenters. The summed E-state index contributed by atoms with van der Waals surface area (Å²) in [4.78, 5) is 17.5. The molecule has 1 fully saturated rings. The molecule has 1 amide bonds. The molecule has 2 aliphatic rings. The Morgan fingerprint density at radius 2 is 2.00 bits per heavy atom. The van der Waals surface area contributed by atoms with Crippen molar-refractivity contribution in [1.82, 2.24) is 14.3 Å². The quantitative estimate of drug-likeness (QED) is 0.658. The van der Waals surface area contributed by atoms with Gasteiger partial charge in [0.1, 0.15) is 10.6 Å². The van der Waals surface area contributed by atoms with Crippen LogP contribution >= 0.6 is 0 Å². The normalized spacial score (nSPS) is 18.6. The lowest BCUT2D eigenvalue weighted by Crippen LogP contribution is -2.34. The topological polar surface area (TPSA) is 90.3 Å². The SMILES string of the molecule is COc1ccc(C2CCC2)c2c1C(C(=O)NS(=O)(=O)c1cccc3ncn(C)c13)CC2. The molecule has 1 unspecified atom stereocenters. The predicted molar refractivity (Wildman–Crippen MR) is 117 cm³/mol. The number of fused-ring (bicyclic) bond motifs is 2. The fourth-order valence-electron chi connectivity index (χ4n) is 4.95. The first-order valence-corrected chi connectivity index (χ1v) is 12.1. The van der Waals surface area contributed by atoms with Gasteiger partial charge in [-0.2, -0.15) is 0 Å². The molecule has 1 saturated carbocycles. The number of nitrogens with one attached hydrogen (secondary N) is 1. The van der Waals surface area contributed by atoms with Crippen LogP contribution in [0, 0.1) is 0 Å². The number of rotatable bonds is 5. The van der Waals surface area contributed by atoms with E-state index in [0.29, 0.717) is 29.1 Å². The molecule has 8 heteroatoms. The van der Waals surface area contributed by atoms with Gasteiger partial charge in [-0.15, -0.1) is 0 Å². The minimum Gasteiger partial charge on any atom is -0.496 e. The van der Waals surface area contributed by atoms with E-state index in [1.807, 2.05) is 6.07 Å². The van der Waals surface area contributed by atoms with Gasteiger partial charge in [0.15, 0.2) is 0 Å². The third-order valence-electron chi connectivity index (χ3n) is 6.69. The molecule has 2 aromatic carbocycles. The van der Waals surface area contributed by atoms with E-state index in [0.717, 1.165) is 17.5 Å². The number of aromatic nitrogens is 2. The number of ether oxygens (including phenoxy) is 1. The van der Waals surface area contributed by atoms with E-state index in [9.17, 15) is 13.2 Å². The van der Waals surface area contributed by atoms with Crippen LogP contribution in [-0.2, 0) is 28.3 Å². The number of aryl methyl sites for hydroxylation is 1. The lowest BCUT2D eigenvalue weighted by atomic mass is 9.77. The minimum absolute atomic E-state index is 0.0479. The van der Waals surface area contributed by atoms with Crippen LogP contribution in [-0.4, -0.2) is 31.0 Å². The Balaban J connectivity index is 1.49. The molecule has 1 aromatic heterocycles. The first-order valence-electron chi connectivity index (χ1n) is 10.6. The number of carbonyl (C=O) groups excluding carboxylic acids is 1. The summed E-state index contributed by atoms with van der Waals surface area (Å²) < 4.78 is 35.8. The third-order valence-corrected chi connectivity index (χ3v) is 8.07. The maximum Gasteiger partial charge on any atom is 0.266 e. The van der Waals surface area contributed by atoms with Crippen LogP contribution < -0.4 is 9.46 Å². The average Bonchev–Trinajstić information content (AvgIpc) is 3.31. The highest BCUT2D eigenvalue weighted by Gasteiger charge is 2.37. The van der Waals surface area contributed by atoms with Crippen molar-refractivity contribution in [3.8, 4) is 5.75 Å². The van der Waals surface area contributed by atoms with Crippen LogP contribution in [0.1, 0.15) is 54.2 Å². The molecule has 0 radical (unpaired) electrons. The summed E-state index contributed by atoms with van der Waals surface area (Å²) in [5.74, 6) is 0.127. The lowest BCUT2D eigenvalue weighted by molar-refractivity contribution is -0.120. The zero-order valence-electron chi connectivity index (χ0n) is 17.6. The Labute approximate surface area is 181 Å². The molecule has 0 saturated heterocycles. The highest BCUT2D eigenvalue weighted by atomic mass is 32.2. The van der Waals surface area contributed by atoms with Gasteiger partial charge in [-0.1, -0.05) is 18.6 Å².